The van der Waals surface area contributed by atoms with Crippen LogP contribution in [0.25, 0.3) is 22.9 Å². The van der Waals surface area contributed by atoms with Crippen LogP contribution < -0.4 is 0 Å². The predicted octanol–water partition coefficient (Wildman–Crippen LogP) is 5.14. The molecule has 5 heterocycles. The number of aromatic nitrogens is 3. The summed E-state index contributed by atoms with van der Waals surface area (Å²) < 4.78 is 30.7. The summed E-state index contributed by atoms with van der Waals surface area (Å²) in [6.07, 6.45) is 6.05. The lowest BCUT2D eigenvalue weighted by atomic mass is 9.90. The Morgan fingerprint density at radius 2 is 1.14 bits per heavy atom. The largest absolute Gasteiger partial charge is 0.450 e. The third kappa shape index (κ3) is 9.88. The summed E-state index contributed by atoms with van der Waals surface area (Å²) in [5, 5.41) is 22.4. The van der Waals surface area contributed by atoms with Crippen molar-refractivity contribution in [3.8, 4) is 22.9 Å². The number of hydrogen-bond donors (Lipinski definition) is 2. The van der Waals surface area contributed by atoms with Crippen molar-refractivity contribution in [2.24, 2.45) is 0 Å². The maximum atomic E-state index is 12.6. The van der Waals surface area contributed by atoms with E-state index in [0.29, 0.717) is 28.6 Å². The van der Waals surface area contributed by atoms with E-state index in [2.05, 4.69) is 15.0 Å². The molecule has 2 unspecified atom stereocenters. The third-order valence-electron chi connectivity index (χ3n) is 8.73. The fourth-order valence-electron chi connectivity index (χ4n) is 6.22. The second-order valence-electron chi connectivity index (χ2n) is 15.3. The zero-order valence-electron chi connectivity index (χ0n) is 31.7. The van der Waals surface area contributed by atoms with Crippen LogP contribution >= 0.6 is 18.9 Å². The van der Waals surface area contributed by atoms with Gasteiger partial charge in [-0.05, 0) is 71.4 Å². The van der Waals surface area contributed by atoms with Crippen molar-refractivity contribution in [3.63, 3.8) is 0 Å². The molecule has 0 aliphatic carbocycles. The average molecular weight is 814 g/mol. The molecule has 0 radical (unpaired) electrons. The van der Waals surface area contributed by atoms with Gasteiger partial charge >= 0.3 is 24.1 Å². The van der Waals surface area contributed by atoms with Crippen molar-refractivity contribution < 1.29 is 56.7 Å². The number of ether oxygens (including phenoxy) is 2. The van der Waals surface area contributed by atoms with Gasteiger partial charge in [-0.3, -0.25) is 14.8 Å². The van der Waals surface area contributed by atoms with Crippen LogP contribution in [-0.4, -0.2) is 95.5 Å². The number of carbonyl (C=O) groups excluding carboxylic acids is 4. The summed E-state index contributed by atoms with van der Waals surface area (Å²) in [5.41, 5.74) is -2.16. The molecule has 2 amide bonds. The molecule has 300 valence electrons. The molecule has 4 aromatic rings. The monoisotopic (exact) mass is 813 g/mol. The van der Waals surface area contributed by atoms with Gasteiger partial charge in [-0.15, -0.1) is 0 Å². The Labute approximate surface area is 327 Å². The molecule has 19 heteroatoms. The molecule has 2 N–H and O–H groups in total. The number of aliphatic hydroxyl groups is 2. The molecule has 56 heavy (non-hydrogen) atoms. The smallest absolute Gasteiger partial charge is 0.411 e. The zero-order valence-corrected chi connectivity index (χ0v) is 34.0. The van der Waals surface area contributed by atoms with Crippen molar-refractivity contribution in [3.05, 3.63) is 78.8 Å². The SMILES string of the molecule is CC(C)(C)OC(=O)N1C[C@](O)(c2ccc(-c3ncco3)cc2)C[C@H]1C(=O)OP.CC(C)(C)OC(=O)N1C[C@](O)(c2ccc(-c3ncco3)cn2)C[C@H]1C(=O)OP. The lowest BCUT2D eigenvalue weighted by Crippen LogP contribution is -2.44. The molecule has 2 aliphatic rings. The fraction of sp³-hybridized carbons (Fsp3) is 0.432. The second-order valence-corrected chi connectivity index (χ2v) is 15.7. The van der Waals surface area contributed by atoms with Gasteiger partial charge in [-0.25, -0.2) is 29.1 Å². The number of carbonyl (C=O) groups is 4. The molecule has 2 aliphatic heterocycles. The molecule has 6 atom stereocenters. The number of benzene rings is 1. The zero-order chi connectivity index (χ0) is 41.1. The van der Waals surface area contributed by atoms with Gasteiger partial charge in [0.2, 0.25) is 11.8 Å². The predicted molar refractivity (Wildman–Crippen MR) is 204 cm³/mol. The average Bonchev–Trinajstić information content (AvgIpc) is 3.98. The molecule has 3 aromatic heterocycles. The van der Waals surface area contributed by atoms with E-state index in [0.717, 1.165) is 5.56 Å². The van der Waals surface area contributed by atoms with Gasteiger partial charge in [0.25, 0.3) is 0 Å². The van der Waals surface area contributed by atoms with E-state index in [1.165, 1.54) is 34.7 Å². The Balaban J connectivity index is 0.000000214. The number of likely N-dealkylation sites (tertiary alicyclic amines) is 2. The molecule has 17 nitrogen and oxygen atoms in total. The van der Waals surface area contributed by atoms with E-state index in [1.54, 1.807) is 84.1 Å². The van der Waals surface area contributed by atoms with E-state index in [4.69, 9.17) is 27.4 Å². The summed E-state index contributed by atoms with van der Waals surface area (Å²) in [4.78, 5) is 64.3. The Bertz CT molecular complexity index is 1840. The maximum absolute atomic E-state index is 12.6. The van der Waals surface area contributed by atoms with Crippen LogP contribution in [-0.2, 0) is 39.3 Å². The number of pyridine rings is 1. The highest BCUT2D eigenvalue weighted by atomic mass is 31.0. The van der Waals surface area contributed by atoms with Crippen molar-refractivity contribution in [1.29, 1.82) is 0 Å². The summed E-state index contributed by atoms with van der Waals surface area (Å²) in [6.45, 7) is 10.1. The first-order valence-electron chi connectivity index (χ1n) is 17.4. The van der Waals surface area contributed by atoms with Gasteiger partial charge in [0, 0.05) is 24.6 Å². The Kier molecular flexibility index (Phi) is 12.5. The summed E-state index contributed by atoms with van der Waals surface area (Å²) >= 11 is 0. The van der Waals surface area contributed by atoms with Crippen LogP contribution in [0.15, 0.2) is 76.3 Å². The Hall–Kier alpha value is -4.95. The van der Waals surface area contributed by atoms with E-state index >= 15 is 0 Å². The van der Waals surface area contributed by atoms with Gasteiger partial charge in [0.15, 0.2) is 0 Å². The van der Waals surface area contributed by atoms with Gasteiger partial charge in [-0.2, -0.15) is 0 Å². The number of β-amino-alcohol motifs (C(OH)–C–C–N with tert-alkyl or cyclic N) is 2. The van der Waals surface area contributed by atoms with E-state index in [1.807, 2.05) is 18.9 Å². The normalized spacial score (nSPS) is 22.2. The molecule has 0 spiro atoms. The lowest BCUT2D eigenvalue weighted by Gasteiger charge is -2.28. The number of rotatable bonds is 6. The minimum Gasteiger partial charge on any atom is -0.450 e. The van der Waals surface area contributed by atoms with Crippen LogP contribution in [0.2, 0.25) is 0 Å². The summed E-state index contributed by atoms with van der Waals surface area (Å²) in [5.74, 6) is -0.437. The summed E-state index contributed by atoms with van der Waals surface area (Å²) in [6, 6.07) is 8.33. The molecule has 1 aromatic carbocycles. The number of hydrogen-bond acceptors (Lipinski definition) is 15. The van der Waals surface area contributed by atoms with E-state index in [9.17, 15) is 29.4 Å². The van der Waals surface area contributed by atoms with E-state index in [-0.39, 0.29) is 25.9 Å². The number of nitrogens with zero attached hydrogens (tertiary/aromatic N) is 5. The van der Waals surface area contributed by atoms with Crippen molar-refractivity contribution in [1.82, 2.24) is 24.8 Å². The first kappa shape index (κ1) is 42.2. The second kappa shape index (κ2) is 16.6. The van der Waals surface area contributed by atoms with Gasteiger partial charge < -0.3 is 37.6 Å². The quantitative estimate of drug-likeness (QED) is 0.241. The van der Waals surface area contributed by atoms with Crippen LogP contribution in [0.1, 0.15) is 65.6 Å². The topological polar surface area (TPSA) is 217 Å². The molecule has 2 fully saturated rings. The minimum atomic E-state index is -1.53. The molecular weight excluding hydrogens is 768 g/mol. The number of oxazole rings is 2. The molecule has 0 bridgehead atoms. The standard InChI is InChI=1S/C19H23N2O6P.C18H22N3O6P/c1-18(2,3)26-17(23)21-11-19(24,10-14(21)16(22)27-28)13-6-4-12(5-7-13)15-20-8-9-25-15;1-17(2,3)26-16(23)21-10-18(24,8-12(21)15(22)27-28)13-5-4-11(9-20-13)14-19-6-7-25-14/h4-9,14,24H,10-11,28H2,1-3H3;4-7,9,12,24H,8,10,28H2,1-3H3/t14-,19-;12-,18-/m00/s1. The first-order valence-corrected chi connectivity index (χ1v) is 18.3. The minimum absolute atomic E-state index is 0.00216. The van der Waals surface area contributed by atoms with Gasteiger partial charge in [0.05, 0.1) is 55.7 Å². The van der Waals surface area contributed by atoms with Crippen LogP contribution in [0.4, 0.5) is 9.59 Å². The highest BCUT2D eigenvalue weighted by molar-refractivity contribution is 7.11. The Morgan fingerprint density at radius 3 is 1.55 bits per heavy atom. The molecule has 0 saturated carbocycles. The van der Waals surface area contributed by atoms with Crippen LogP contribution in [0.5, 0.6) is 0 Å². The maximum Gasteiger partial charge on any atom is 0.411 e. The number of amides is 2. The third-order valence-corrected chi connectivity index (χ3v) is 9.20. The van der Waals surface area contributed by atoms with Gasteiger partial charge in [-0.1, -0.05) is 12.1 Å². The van der Waals surface area contributed by atoms with Crippen molar-refractivity contribution in [2.45, 2.75) is 88.9 Å². The molecule has 2 saturated heterocycles. The summed E-state index contributed by atoms with van der Waals surface area (Å²) in [7, 11) is 3.74. The van der Waals surface area contributed by atoms with Crippen molar-refractivity contribution in [2.75, 3.05) is 13.1 Å². The first-order chi connectivity index (χ1) is 26.3. The van der Waals surface area contributed by atoms with E-state index < -0.39 is 58.6 Å². The molecule has 6 rings (SSSR count). The van der Waals surface area contributed by atoms with Gasteiger partial charge in [0.1, 0.15) is 47.0 Å². The molecular formula is C37H45N5O12P2. The van der Waals surface area contributed by atoms with Crippen LogP contribution in [0.3, 0.4) is 0 Å². The fourth-order valence-corrected chi connectivity index (χ4v) is 6.54. The lowest BCUT2D eigenvalue weighted by molar-refractivity contribution is -0.139. The highest BCUT2D eigenvalue weighted by Gasteiger charge is 2.52. The highest BCUT2D eigenvalue weighted by Crippen LogP contribution is 2.39. The van der Waals surface area contributed by atoms with Crippen molar-refractivity contribution >= 4 is 43.1 Å². The Morgan fingerprint density at radius 1 is 0.696 bits per heavy atom. The van der Waals surface area contributed by atoms with Crippen LogP contribution in [0, 0.1) is 0 Å².